The Labute approximate surface area is 110 Å². The van der Waals surface area contributed by atoms with Gasteiger partial charge in [0.2, 0.25) is 0 Å². The van der Waals surface area contributed by atoms with E-state index in [2.05, 4.69) is 5.10 Å². The first-order valence-corrected chi connectivity index (χ1v) is 6.15. The Kier molecular flexibility index (Phi) is 3.01. The lowest BCUT2D eigenvalue weighted by Gasteiger charge is -2.06. The van der Waals surface area contributed by atoms with E-state index in [9.17, 15) is 4.39 Å². The predicted molar refractivity (Wildman–Crippen MR) is 73.1 cm³/mol. The van der Waals surface area contributed by atoms with Crippen LogP contribution in [0.5, 0.6) is 0 Å². The third kappa shape index (κ3) is 2.35. The van der Waals surface area contributed by atoms with Crippen LogP contribution in [-0.2, 0) is 13.1 Å². The van der Waals surface area contributed by atoms with E-state index < -0.39 is 0 Å². The molecule has 0 aliphatic rings. The molecule has 19 heavy (non-hydrogen) atoms. The molecule has 0 aliphatic carbocycles. The van der Waals surface area contributed by atoms with Crippen molar-refractivity contribution >= 4 is 10.9 Å². The summed E-state index contributed by atoms with van der Waals surface area (Å²) in [6, 6.07) is 12.9. The minimum Gasteiger partial charge on any atom is -0.326 e. The Balaban J connectivity index is 1.99. The molecule has 1 aromatic heterocycles. The van der Waals surface area contributed by atoms with Crippen LogP contribution in [0.1, 0.15) is 11.1 Å². The van der Waals surface area contributed by atoms with Gasteiger partial charge in [-0.05, 0) is 29.3 Å². The highest BCUT2D eigenvalue weighted by Crippen LogP contribution is 2.16. The molecule has 1 heterocycles. The largest absolute Gasteiger partial charge is 0.326 e. The summed E-state index contributed by atoms with van der Waals surface area (Å²) in [5, 5.41) is 5.42. The molecule has 0 atom stereocenters. The zero-order valence-electron chi connectivity index (χ0n) is 10.4. The Morgan fingerprint density at radius 3 is 2.74 bits per heavy atom. The normalized spacial score (nSPS) is 11.1. The summed E-state index contributed by atoms with van der Waals surface area (Å²) in [5.41, 5.74) is 8.27. The van der Waals surface area contributed by atoms with Gasteiger partial charge in [0.25, 0.3) is 0 Å². The lowest BCUT2D eigenvalue weighted by Crippen LogP contribution is -2.04. The summed E-state index contributed by atoms with van der Waals surface area (Å²) < 4.78 is 15.3. The maximum Gasteiger partial charge on any atom is 0.123 e. The molecule has 0 amide bonds. The summed E-state index contributed by atoms with van der Waals surface area (Å²) >= 11 is 0. The smallest absolute Gasteiger partial charge is 0.123 e. The molecule has 96 valence electrons. The van der Waals surface area contributed by atoms with Gasteiger partial charge in [-0.3, -0.25) is 4.68 Å². The van der Waals surface area contributed by atoms with Gasteiger partial charge in [0.1, 0.15) is 5.82 Å². The molecule has 0 saturated carbocycles. The topological polar surface area (TPSA) is 43.8 Å². The standard InChI is InChI=1S/C15H14FN3/c16-14-6-11(8-17)5-12(7-14)10-19-15-4-2-1-3-13(15)9-18-19/h1-7,9H,8,10,17H2. The van der Waals surface area contributed by atoms with Gasteiger partial charge >= 0.3 is 0 Å². The van der Waals surface area contributed by atoms with Gasteiger partial charge in [0.15, 0.2) is 0 Å². The van der Waals surface area contributed by atoms with Crippen LogP contribution < -0.4 is 5.73 Å². The Morgan fingerprint density at radius 1 is 1.11 bits per heavy atom. The van der Waals surface area contributed by atoms with Gasteiger partial charge in [0.05, 0.1) is 18.3 Å². The quantitative estimate of drug-likeness (QED) is 0.782. The lowest BCUT2D eigenvalue weighted by molar-refractivity contribution is 0.618. The van der Waals surface area contributed by atoms with E-state index in [1.165, 1.54) is 12.1 Å². The van der Waals surface area contributed by atoms with Crippen LogP contribution in [0.3, 0.4) is 0 Å². The van der Waals surface area contributed by atoms with Gasteiger partial charge in [-0.2, -0.15) is 5.10 Å². The van der Waals surface area contributed by atoms with Gasteiger partial charge in [0, 0.05) is 11.9 Å². The average molecular weight is 255 g/mol. The number of hydrogen-bond donors (Lipinski definition) is 1. The van der Waals surface area contributed by atoms with Crippen molar-refractivity contribution in [2.45, 2.75) is 13.1 Å². The predicted octanol–water partition coefficient (Wildman–Crippen LogP) is 2.68. The molecule has 0 unspecified atom stereocenters. The summed E-state index contributed by atoms with van der Waals surface area (Å²) in [6.07, 6.45) is 1.82. The number of halogens is 1. The number of nitrogens with two attached hydrogens (primary N) is 1. The minimum absolute atomic E-state index is 0.255. The molecule has 4 heteroatoms. The van der Waals surface area contributed by atoms with E-state index in [-0.39, 0.29) is 5.82 Å². The Bertz CT molecular complexity index is 718. The van der Waals surface area contributed by atoms with Gasteiger partial charge in [-0.1, -0.05) is 24.3 Å². The van der Waals surface area contributed by atoms with Crippen LogP contribution in [-0.4, -0.2) is 9.78 Å². The molecule has 0 aliphatic heterocycles. The van der Waals surface area contributed by atoms with Crippen molar-refractivity contribution in [2.24, 2.45) is 5.73 Å². The number of hydrogen-bond acceptors (Lipinski definition) is 2. The molecule has 0 fully saturated rings. The van der Waals surface area contributed by atoms with E-state index >= 15 is 0 Å². The third-order valence-corrected chi connectivity index (χ3v) is 3.14. The molecule has 3 rings (SSSR count). The lowest BCUT2D eigenvalue weighted by atomic mass is 10.1. The second kappa shape index (κ2) is 4.82. The van der Waals surface area contributed by atoms with Gasteiger partial charge in [-0.15, -0.1) is 0 Å². The van der Waals surface area contributed by atoms with Crippen molar-refractivity contribution < 1.29 is 4.39 Å². The Hall–Kier alpha value is -2.20. The van der Waals surface area contributed by atoms with Crippen LogP contribution in [0.25, 0.3) is 10.9 Å². The number of para-hydroxylation sites is 1. The minimum atomic E-state index is -0.255. The molecule has 0 bridgehead atoms. The number of nitrogens with zero attached hydrogens (tertiary/aromatic N) is 2. The molecule has 0 spiro atoms. The SMILES string of the molecule is NCc1cc(F)cc(Cn2ncc3ccccc32)c1. The molecule has 0 radical (unpaired) electrons. The molecule has 0 saturated heterocycles. The molecule has 2 N–H and O–H groups in total. The monoisotopic (exact) mass is 255 g/mol. The molecule has 3 aromatic rings. The van der Waals surface area contributed by atoms with Crippen molar-refractivity contribution in [3.63, 3.8) is 0 Å². The van der Waals surface area contributed by atoms with E-state index in [4.69, 9.17) is 5.73 Å². The van der Waals surface area contributed by atoms with Gasteiger partial charge in [-0.25, -0.2) is 4.39 Å². The number of benzene rings is 2. The van der Waals surface area contributed by atoms with Crippen LogP contribution >= 0.6 is 0 Å². The van der Waals surface area contributed by atoms with Crippen molar-refractivity contribution in [1.82, 2.24) is 9.78 Å². The first-order valence-electron chi connectivity index (χ1n) is 6.15. The fourth-order valence-electron chi connectivity index (χ4n) is 2.25. The van der Waals surface area contributed by atoms with E-state index in [1.807, 2.05) is 41.2 Å². The first kappa shape index (κ1) is 11.9. The molecule has 3 nitrogen and oxygen atoms in total. The van der Waals surface area contributed by atoms with Crippen molar-refractivity contribution in [3.05, 3.63) is 65.6 Å². The van der Waals surface area contributed by atoms with Crippen molar-refractivity contribution in [2.75, 3.05) is 0 Å². The maximum atomic E-state index is 13.5. The first-order chi connectivity index (χ1) is 9.26. The number of rotatable bonds is 3. The zero-order valence-corrected chi connectivity index (χ0v) is 10.4. The second-order valence-corrected chi connectivity index (χ2v) is 4.53. The average Bonchev–Trinajstić information content (AvgIpc) is 2.82. The summed E-state index contributed by atoms with van der Waals surface area (Å²) in [6.45, 7) is 0.878. The summed E-state index contributed by atoms with van der Waals surface area (Å²) in [7, 11) is 0. The van der Waals surface area contributed by atoms with Crippen LogP contribution in [0.15, 0.2) is 48.7 Å². The van der Waals surface area contributed by atoms with Crippen molar-refractivity contribution in [3.8, 4) is 0 Å². The van der Waals surface area contributed by atoms with Crippen LogP contribution in [0, 0.1) is 5.82 Å². The fraction of sp³-hybridized carbons (Fsp3) is 0.133. The fourth-order valence-corrected chi connectivity index (χ4v) is 2.25. The Morgan fingerprint density at radius 2 is 1.89 bits per heavy atom. The van der Waals surface area contributed by atoms with Crippen LogP contribution in [0.4, 0.5) is 4.39 Å². The highest BCUT2D eigenvalue weighted by atomic mass is 19.1. The molecule has 2 aromatic carbocycles. The summed E-state index contributed by atoms with van der Waals surface area (Å²) in [5.74, 6) is -0.255. The maximum absolute atomic E-state index is 13.5. The van der Waals surface area contributed by atoms with E-state index in [0.29, 0.717) is 13.1 Å². The van der Waals surface area contributed by atoms with Crippen molar-refractivity contribution in [1.29, 1.82) is 0 Å². The molecular formula is C15H14FN3. The summed E-state index contributed by atoms with van der Waals surface area (Å²) in [4.78, 5) is 0. The highest BCUT2D eigenvalue weighted by molar-refractivity contribution is 5.78. The van der Waals surface area contributed by atoms with E-state index in [1.54, 1.807) is 0 Å². The van der Waals surface area contributed by atoms with Crippen LogP contribution in [0.2, 0.25) is 0 Å². The van der Waals surface area contributed by atoms with E-state index in [0.717, 1.165) is 22.0 Å². The second-order valence-electron chi connectivity index (χ2n) is 4.53. The third-order valence-electron chi connectivity index (χ3n) is 3.14. The highest BCUT2D eigenvalue weighted by Gasteiger charge is 2.05. The number of aromatic nitrogens is 2. The number of fused-ring (bicyclic) bond motifs is 1. The van der Waals surface area contributed by atoms with Gasteiger partial charge < -0.3 is 5.73 Å². The zero-order chi connectivity index (χ0) is 13.2. The molecular weight excluding hydrogens is 241 g/mol.